The maximum absolute atomic E-state index is 11.1. The zero-order valence-corrected chi connectivity index (χ0v) is 13.3. The number of hydrogen-bond acceptors (Lipinski definition) is 3. The largest absolute Gasteiger partial charge is 0.478 e. The van der Waals surface area contributed by atoms with E-state index in [-0.39, 0.29) is 5.72 Å². The summed E-state index contributed by atoms with van der Waals surface area (Å²) in [6, 6.07) is 0. The van der Waals surface area contributed by atoms with E-state index in [2.05, 4.69) is 0 Å². The van der Waals surface area contributed by atoms with E-state index < -0.39 is 11.9 Å². The van der Waals surface area contributed by atoms with Crippen molar-refractivity contribution in [2.75, 3.05) is 6.61 Å². The van der Waals surface area contributed by atoms with Crippen LogP contribution in [0.5, 0.6) is 0 Å². The molecule has 0 aliphatic heterocycles. The molecule has 0 unspecified atom stereocenters. The second kappa shape index (κ2) is 14.7. The molecule has 4 nitrogen and oxygen atoms in total. The monoisotopic (exact) mass is 304 g/mol. The van der Waals surface area contributed by atoms with Gasteiger partial charge in [-0.3, -0.25) is 0 Å². The third-order valence-electron chi connectivity index (χ3n) is 3.29. The molecule has 0 saturated carbocycles. The first-order chi connectivity index (χ1) is 10.5. The van der Waals surface area contributed by atoms with Gasteiger partial charge in [-0.15, -0.1) is 5.72 Å². The van der Waals surface area contributed by atoms with Crippen LogP contribution in [-0.2, 0) is 14.3 Å². The van der Waals surface area contributed by atoms with Crippen molar-refractivity contribution in [3.05, 3.63) is 12.2 Å². The van der Waals surface area contributed by atoms with Gasteiger partial charge in [0, 0.05) is 12.2 Å². The van der Waals surface area contributed by atoms with Gasteiger partial charge in [0.2, 0.25) is 0 Å². The number of esters is 1. The summed E-state index contributed by atoms with van der Waals surface area (Å²) in [6.07, 6.45) is 12.8. The van der Waals surface area contributed by atoms with Crippen LogP contribution >= 0.6 is 0 Å². The molecule has 0 amide bonds. The third kappa shape index (κ3) is 16.9. The molecule has 22 heavy (non-hydrogen) atoms. The minimum absolute atomic E-state index is 0.172. The van der Waals surface area contributed by atoms with E-state index in [0.717, 1.165) is 44.3 Å². The van der Waals surface area contributed by atoms with Gasteiger partial charge in [-0.2, -0.15) is 0 Å². The average molecular weight is 304 g/mol. The molecular formula is C16H26B2O4. The van der Waals surface area contributed by atoms with E-state index in [9.17, 15) is 9.59 Å². The highest BCUT2D eigenvalue weighted by Crippen LogP contribution is 2.12. The quantitative estimate of drug-likeness (QED) is 0.232. The average Bonchev–Trinajstić information content (AvgIpc) is 2.45. The molecule has 0 aromatic rings. The topological polar surface area (TPSA) is 63.6 Å². The van der Waals surface area contributed by atoms with Crippen LogP contribution in [0.4, 0.5) is 0 Å². The summed E-state index contributed by atoms with van der Waals surface area (Å²) >= 11 is 0. The standard InChI is InChI=1S/C16H26B2O4/c17-14(18)10-8-6-4-2-1-3-5-7-9-13-22-16(21)12-11-15(19)20/h11-12,14H,1-10,13H2,(H,19,20)/b12-11+. The fraction of sp³-hybridized carbons (Fsp3) is 0.750. The smallest absolute Gasteiger partial charge is 0.331 e. The molecule has 0 aliphatic rings. The fourth-order valence-electron chi connectivity index (χ4n) is 2.08. The molecule has 0 rings (SSSR count). The minimum atomic E-state index is -1.15. The summed E-state index contributed by atoms with van der Waals surface area (Å²) in [6.45, 7) is 0.349. The number of aliphatic carboxylic acids is 1. The van der Waals surface area contributed by atoms with Crippen LogP contribution in [0.25, 0.3) is 0 Å². The summed E-state index contributed by atoms with van der Waals surface area (Å²) in [5.74, 6) is -1.75. The molecule has 0 aromatic carbocycles. The summed E-state index contributed by atoms with van der Waals surface area (Å²) in [4.78, 5) is 21.2. The van der Waals surface area contributed by atoms with E-state index in [1.807, 2.05) is 0 Å². The van der Waals surface area contributed by atoms with E-state index in [4.69, 9.17) is 25.5 Å². The van der Waals surface area contributed by atoms with Gasteiger partial charge in [0.25, 0.3) is 0 Å². The Balaban J connectivity index is 3.20. The highest BCUT2D eigenvalue weighted by molar-refractivity contribution is 6.35. The molecule has 0 fully saturated rings. The zero-order valence-electron chi connectivity index (χ0n) is 13.3. The number of unbranched alkanes of at least 4 members (excludes halogenated alkanes) is 8. The Kier molecular flexibility index (Phi) is 13.9. The molecule has 0 spiro atoms. The van der Waals surface area contributed by atoms with E-state index in [0.29, 0.717) is 6.61 Å². The van der Waals surface area contributed by atoms with Crippen LogP contribution in [-0.4, -0.2) is 39.3 Å². The number of carboxylic acids is 1. The van der Waals surface area contributed by atoms with Crippen LogP contribution < -0.4 is 0 Å². The van der Waals surface area contributed by atoms with Gasteiger partial charge in [0.15, 0.2) is 0 Å². The molecule has 1 N–H and O–H groups in total. The summed E-state index contributed by atoms with van der Waals surface area (Å²) in [5.41, 5.74) is -0.172. The number of ether oxygens (including phenoxy) is 1. The maximum atomic E-state index is 11.1. The number of carbonyl (C=O) groups excluding carboxylic acids is 1. The van der Waals surface area contributed by atoms with Crippen molar-refractivity contribution >= 4 is 27.6 Å². The van der Waals surface area contributed by atoms with Crippen molar-refractivity contribution in [3.8, 4) is 0 Å². The Morgan fingerprint density at radius 2 is 1.36 bits per heavy atom. The molecular weight excluding hydrogens is 278 g/mol. The van der Waals surface area contributed by atoms with Crippen LogP contribution in [0, 0.1) is 0 Å². The first kappa shape index (κ1) is 20.8. The van der Waals surface area contributed by atoms with Gasteiger partial charge in [0.05, 0.1) is 22.3 Å². The summed E-state index contributed by atoms with van der Waals surface area (Å²) < 4.78 is 4.87. The Bertz CT molecular complexity index is 330. The van der Waals surface area contributed by atoms with Gasteiger partial charge >= 0.3 is 11.9 Å². The zero-order chi connectivity index (χ0) is 16.6. The van der Waals surface area contributed by atoms with Crippen molar-refractivity contribution in [1.29, 1.82) is 0 Å². The van der Waals surface area contributed by atoms with Gasteiger partial charge in [0.1, 0.15) is 0 Å². The normalized spacial score (nSPS) is 11.1. The second-order valence-corrected chi connectivity index (χ2v) is 5.47. The molecule has 6 heteroatoms. The number of rotatable bonds is 14. The van der Waals surface area contributed by atoms with Crippen molar-refractivity contribution in [1.82, 2.24) is 0 Å². The third-order valence-corrected chi connectivity index (χ3v) is 3.29. The van der Waals surface area contributed by atoms with Crippen LogP contribution in [0.2, 0.25) is 5.72 Å². The fourth-order valence-corrected chi connectivity index (χ4v) is 2.08. The minimum Gasteiger partial charge on any atom is -0.478 e. The van der Waals surface area contributed by atoms with Crippen molar-refractivity contribution in [3.63, 3.8) is 0 Å². The number of carbonyl (C=O) groups is 2. The second-order valence-electron chi connectivity index (χ2n) is 5.47. The molecule has 0 atom stereocenters. The van der Waals surface area contributed by atoms with Crippen LogP contribution in [0.1, 0.15) is 64.2 Å². The highest BCUT2D eigenvalue weighted by Gasteiger charge is 1.98. The predicted octanol–water partition coefficient (Wildman–Crippen LogP) is 3.15. The SMILES string of the molecule is [B]C([B])CCCCCCCCCCCOC(=O)/C=C/C(=O)O. The number of hydrogen-bond donors (Lipinski definition) is 1. The van der Waals surface area contributed by atoms with Crippen LogP contribution in [0.15, 0.2) is 12.2 Å². The van der Waals surface area contributed by atoms with E-state index in [1.54, 1.807) is 0 Å². The molecule has 4 radical (unpaired) electrons. The van der Waals surface area contributed by atoms with Gasteiger partial charge < -0.3 is 9.84 Å². The molecule has 0 heterocycles. The van der Waals surface area contributed by atoms with Gasteiger partial charge in [-0.25, -0.2) is 9.59 Å². The lowest BCUT2D eigenvalue weighted by molar-refractivity contribution is -0.138. The highest BCUT2D eigenvalue weighted by atomic mass is 16.5. The van der Waals surface area contributed by atoms with Crippen molar-refractivity contribution in [2.24, 2.45) is 0 Å². The lowest BCUT2D eigenvalue weighted by atomic mass is 9.68. The van der Waals surface area contributed by atoms with Crippen molar-refractivity contribution in [2.45, 2.75) is 69.9 Å². The Morgan fingerprint density at radius 3 is 1.86 bits per heavy atom. The first-order valence-electron chi connectivity index (χ1n) is 8.11. The van der Waals surface area contributed by atoms with E-state index >= 15 is 0 Å². The van der Waals surface area contributed by atoms with E-state index in [1.165, 1.54) is 32.1 Å². The van der Waals surface area contributed by atoms with Crippen LogP contribution in [0.3, 0.4) is 0 Å². The molecule has 0 bridgehead atoms. The summed E-state index contributed by atoms with van der Waals surface area (Å²) in [5, 5.41) is 8.34. The molecule has 0 aromatic heterocycles. The molecule has 120 valence electrons. The molecule has 0 aliphatic carbocycles. The number of carboxylic acid groups (broad SMARTS) is 1. The van der Waals surface area contributed by atoms with Gasteiger partial charge in [-0.05, 0) is 6.42 Å². The predicted molar refractivity (Wildman–Crippen MR) is 89.2 cm³/mol. The Morgan fingerprint density at radius 1 is 0.864 bits per heavy atom. The van der Waals surface area contributed by atoms with Gasteiger partial charge in [-0.1, -0.05) is 57.8 Å². The molecule has 0 saturated heterocycles. The van der Waals surface area contributed by atoms with Crippen molar-refractivity contribution < 1.29 is 19.4 Å². The lowest BCUT2D eigenvalue weighted by Crippen LogP contribution is -2.03. The first-order valence-corrected chi connectivity index (χ1v) is 8.11. The maximum Gasteiger partial charge on any atom is 0.331 e. The summed E-state index contributed by atoms with van der Waals surface area (Å²) in [7, 11) is 11.0. The Hall–Kier alpha value is -1.19. The Labute approximate surface area is 136 Å². The lowest BCUT2D eigenvalue weighted by Gasteiger charge is -2.05.